The number of aromatic nitrogens is 2. The summed E-state index contributed by atoms with van der Waals surface area (Å²) < 4.78 is 4.86. The molecule has 3 aromatic rings. The fourth-order valence-electron chi connectivity index (χ4n) is 2.68. The van der Waals surface area contributed by atoms with Crippen LogP contribution >= 0.6 is 0 Å². The molecule has 9 heteroatoms. The number of rotatable bonds is 7. The summed E-state index contributed by atoms with van der Waals surface area (Å²) in [4.78, 5) is 54.2. The average molecular weight is 408 g/mol. The quantitative estimate of drug-likeness (QED) is 0.507. The van der Waals surface area contributed by atoms with E-state index in [2.05, 4.69) is 20.6 Å². The molecule has 0 aliphatic carbocycles. The molecule has 0 aliphatic rings. The number of amides is 3. The molecule has 0 aliphatic heterocycles. The first-order chi connectivity index (χ1) is 14.5. The number of para-hydroxylation sites is 1. The molecule has 0 radical (unpaired) electrons. The molecular formula is C21H20N4O5. The van der Waals surface area contributed by atoms with Crippen LogP contribution in [0.1, 0.15) is 17.8 Å². The Balaban J connectivity index is 1.39. The number of fused-ring (bicyclic) bond motifs is 1. The van der Waals surface area contributed by atoms with E-state index in [1.807, 2.05) is 30.3 Å². The normalized spacial score (nSPS) is 10.4. The van der Waals surface area contributed by atoms with Crippen LogP contribution in [-0.2, 0) is 27.3 Å². The maximum atomic E-state index is 12.0. The molecule has 0 unspecified atom stereocenters. The fourth-order valence-corrected chi connectivity index (χ4v) is 2.68. The molecule has 3 amide bonds. The van der Waals surface area contributed by atoms with Crippen molar-refractivity contribution < 1.29 is 19.1 Å². The number of nitrogens with zero attached hydrogens (tertiary/aromatic N) is 1. The summed E-state index contributed by atoms with van der Waals surface area (Å²) in [6, 6.07) is 15.4. The summed E-state index contributed by atoms with van der Waals surface area (Å²) in [6.45, 7) is -0.323. The highest BCUT2D eigenvalue weighted by atomic mass is 16.5. The smallest absolute Gasteiger partial charge is 0.321 e. The van der Waals surface area contributed by atoms with Crippen LogP contribution in [0.25, 0.3) is 10.9 Å². The zero-order chi connectivity index (χ0) is 21.3. The first-order valence-corrected chi connectivity index (χ1v) is 9.26. The molecule has 0 bridgehead atoms. The van der Waals surface area contributed by atoms with E-state index in [1.54, 1.807) is 24.3 Å². The molecule has 1 heterocycles. The Kier molecular flexibility index (Phi) is 6.88. The Bertz CT molecular complexity index is 1110. The van der Waals surface area contributed by atoms with E-state index in [-0.39, 0.29) is 24.9 Å². The van der Waals surface area contributed by atoms with Crippen molar-refractivity contribution in [2.45, 2.75) is 19.4 Å². The number of aromatic amines is 1. The van der Waals surface area contributed by atoms with Crippen LogP contribution in [0.2, 0.25) is 0 Å². The third-order valence-corrected chi connectivity index (χ3v) is 4.14. The van der Waals surface area contributed by atoms with E-state index in [0.717, 1.165) is 5.56 Å². The predicted molar refractivity (Wildman–Crippen MR) is 108 cm³/mol. The van der Waals surface area contributed by atoms with Crippen LogP contribution in [0.4, 0.5) is 4.79 Å². The summed E-state index contributed by atoms with van der Waals surface area (Å²) in [5.74, 6) is -1.04. The minimum Gasteiger partial charge on any atom is -0.456 e. The van der Waals surface area contributed by atoms with Gasteiger partial charge in [-0.2, -0.15) is 0 Å². The molecule has 3 N–H and O–H groups in total. The van der Waals surface area contributed by atoms with E-state index in [9.17, 15) is 19.2 Å². The SMILES string of the molecule is O=C(COC(=O)CCc1nc2ccccc2c(=O)[nH]1)NC(=O)NCc1ccccc1. The van der Waals surface area contributed by atoms with Crippen molar-refractivity contribution in [2.75, 3.05) is 6.61 Å². The number of hydrogen-bond acceptors (Lipinski definition) is 6. The van der Waals surface area contributed by atoms with Crippen molar-refractivity contribution >= 4 is 28.8 Å². The third kappa shape index (κ3) is 5.99. The number of carbonyl (C=O) groups is 3. The molecule has 3 rings (SSSR count). The van der Waals surface area contributed by atoms with E-state index >= 15 is 0 Å². The highest BCUT2D eigenvalue weighted by Gasteiger charge is 2.12. The lowest BCUT2D eigenvalue weighted by molar-refractivity contribution is -0.148. The van der Waals surface area contributed by atoms with Gasteiger partial charge in [-0.15, -0.1) is 0 Å². The lowest BCUT2D eigenvalue weighted by Gasteiger charge is -2.08. The Morgan fingerprint density at radius 2 is 1.73 bits per heavy atom. The molecule has 154 valence electrons. The first-order valence-electron chi connectivity index (χ1n) is 9.26. The number of urea groups is 1. The van der Waals surface area contributed by atoms with Gasteiger partial charge in [-0.1, -0.05) is 42.5 Å². The van der Waals surface area contributed by atoms with Gasteiger partial charge in [0.2, 0.25) is 0 Å². The van der Waals surface area contributed by atoms with E-state index in [0.29, 0.717) is 16.7 Å². The van der Waals surface area contributed by atoms with Gasteiger partial charge in [-0.25, -0.2) is 9.78 Å². The maximum absolute atomic E-state index is 12.0. The lowest BCUT2D eigenvalue weighted by Crippen LogP contribution is -2.41. The average Bonchev–Trinajstić information content (AvgIpc) is 2.75. The van der Waals surface area contributed by atoms with Crippen molar-refractivity contribution in [3.8, 4) is 0 Å². The number of H-pyrrole nitrogens is 1. The maximum Gasteiger partial charge on any atom is 0.321 e. The first kappa shape index (κ1) is 20.7. The Hall–Kier alpha value is -4.01. The second kappa shape index (κ2) is 9.97. The topological polar surface area (TPSA) is 130 Å². The summed E-state index contributed by atoms with van der Waals surface area (Å²) in [5, 5.41) is 5.08. The largest absolute Gasteiger partial charge is 0.456 e. The zero-order valence-electron chi connectivity index (χ0n) is 16.0. The number of hydrogen-bond donors (Lipinski definition) is 3. The van der Waals surface area contributed by atoms with E-state index < -0.39 is 24.5 Å². The number of carbonyl (C=O) groups excluding carboxylic acids is 3. The Morgan fingerprint density at radius 3 is 2.53 bits per heavy atom. The molecule has 0 saturated heterocycles. The van der Waals surface area contributed by atoms with Crippen LogP contribution in [0.5, 0.6) is 0 Å². The van der Waals surface area contributed by atoms with Crippen LogP contribution in [-0.4, -0.2) is 34.5 Å². The monoisotopic (exact) mass is 408 g/mol. The van der Waals surface area contributed by atoms with Gasteiger partial charge in [0.1, 0.15) is 5.82 Å². The number of benzene rings is 2. The highest BCUT2D eigenvalue weighted by molar-refractivity contribution is 5.95. The van der Waals surface area contributed by atoms with Gasteiger partial charge in [-0.05, 0) is 17.7 Å². The van der Waals surface area contributed by atoms with Crippen LogP contribution in [0, 0.1) is 0 Å². The van der Waals surface area contributed by atoms with Crippen LogP contribution < -0.4 is 16.2 Å². The van der Waals surface area contributed by atoms with Gasteiger partial charge < -0.3 is 15.0 Å². The minimum atomic E-state index is -0.744. The number of ether oxygens (including phenoxy) is 1. The molecule has 0 saturated carbocycles. The van der Waals surface area contributed by atoms with Crippen molar-refractivity contribution in [2.24, 2.45) is 0 Å². The standard InChI is InChI=1S/C21H20N4O5/c26-18(25-21(29)22-12-14-6-2-1-3-7-14)13-30-19(27)11-10-17-23-16-9-5-4-8-15(16)20(28)24-17/h1-9H,10-13H2,(H,23,24,28)(H2,22,25,26,29). The molecule has 1 aromatic heterocycles. The van der Waals surface area contributed by atoms with Crippen LogP contribution in [0.3, 0.4) is 0 Å². The van der Waals surface area contributed by atoms with Crippen molar-refractivity contribution in [1.82, 2.24) is 20.6 Å². The predicted octanol–water partition coefficient (Wildman–Crippen LogP) is 1.42. The van der Waals surface area contributed by atoms with Gasteiger partial charge in [0.15, 0.2) is 6.61 Å². The fraction of sp³-hybridized carbons (Fsp3) is 0.190. The van der Waals surface area contributed by atoms with E-state index in [4.69, 9.17) is 4.74 Å². The second-order valence-electron chi connectivity index (χ2n) is 6.41. The van der Waals surface area contributed by atoms with E-state index in [1.165, 1.54) is 0 Å². The Morgan fingerprint density at radius 1 is 1.00 bits per heavy atom. The molecule has 9 nitrogen and oxygen atoms in total. The molecule has 0 atom stereocenters. The molecular weight excluding hydrogens is 388 g/mol. The lowest BCUT2D eigenvalue weighted by atomic mass is 10.2. The van der Waals surface area contributed by atoms with Crippen molar-refractivity contribution in [3.05, 3.63) is 76.3 Å². The second-order valence-corrected chi connectivity index (χ2v) is 6.41. The molecule has 2 aromatic carbocycles. The van der Waals surface area contributed by atoms with Crippen molar-refractivity contribution in [3.63, 3.8) is 0 Å². The number of esters is 1. The number of aryl methyl sites for hydroxylation is 1. The molecule has 0 fully saturated rings. The van der Waals surface area contributed by atoms with Gasteiger partial charge >= 0.3 is 12.0 Å². The third-order valence-electron chi connectivity index (χ3n) is 4.14. The Labute approximate surface area is 171 Å². The molecule has 0 spiro atoms. The zero-order valence-corrected chi connectivity index (χ0v) is 16.0. The van der Waals surface area contributed by atoms with Gasteiger partial charge in [0.05, 0.1) is 17.3 Å². The number of imide groups is 1. The van der Waals surface area contributed by atoms with Gasteiger partial charge in [0, 0.05) is 13.0 Å². The summed E-state index contributed by atoms with van der Waals surface area (Å²) in [5.41, 5.74) is 1.13. The highest BCUT2D eigenvalue weighted by Crippen LogP contribution is 2.06. The van der Waals surface area contributed by atoms with Gasteiger partial charge in [0.25, 0.3) is 11.5 Å². The van der Waals surface area contributed by atoms with Gasteiger partial charge in [-0.3, -0.25) is 19.7 Å². The number of nitrogens with one attached hydrogen (secondary N) is 3. The summed E-state index contributed by atoms with van der Waals surface area (Å²) in [6.07, 6.45) is 0.0762. The minimum absolute atomic E-state index is 0.0746. The van der Waals surface area contributed by atoms with Crippen LogP contribution in [0.15, 0.2) is 59.4 Å². The summed E-state index contributed by atoms with van der Waals surface area (Å²) in [7, 11) is 0. The van der Waals surface area contributed by atoms with Crippen molar-refractivity contribution in [1.29, 1.82) is 0 Å². The summed E-state index contributed by atoms with van der Waals surface area (Å²) >= 11 is 0. The molecule has 30 heavy (non-hydrogen) atoms.